The Morgan fingerprint density at radius 3 is 2.89 bits per heavy atom. The lowest BCUT2D eigenvalue weighted by atomic mass is 10.2. The Morgan fingerprint density at radius 2 is 2.22 bits per heavy atom. The van der Waals surface area contributed by atoms with Crippen LogP contribution in [-0.2, 0) is 4.74 Å². The fraction of sp³-hybridized carbons (Fsp3) is 0.143. The van der Waals surface area contributed by atoms with E-state index in [4.69, 9.17) is 10.00 Å². The van der Waals surface area contributed by atoms with Crippen LogP contribution in [0.15, 0.2) is 42.0 Å². The van der Waals surface area contributed by atoms with Crippen molar-refractivity contribution in [3.8, 4) is 17.3 Å². The van der Waals surface area contributed by atoms with Crippen LogP contribution in [0, 0.1) is 11.3 Å². The zero-order valence-corrected chi connectivity index (χ0v) is 10.8. The second-order valence-corrected chi connectivity index (χ2v) is 4.36. The first kappa shape index (κ1) is 12.3. The van der Waals surface area contributed by atoms with Gasteiger partial charge in [0.2, 0.25) is 0 Å². The number of nitriles is 1. The highest BCUT2D eigenvalue weighted by atomic mass is 32.1. The van der Waals surface area contributed by atoms with E-state index in [-0.39, 0.29) is 0 Å². The second kappa shape index (κ2) is 5.99. The van der Waals surface area contributed by atoms with Gasteiger partial charge in [-0.25, -0.2) is 4.98 Å². The minimum atomic E-state index is 0.462. The molecule has 90 valence electrons. The molecule has 0 aliphatic carbocycles. The lowest BCUT2D eigenvalue weighted by Gasteiger charge is -1.96. The smallest absolute Gasteiger partial charge is 0.137 e. The maximum absolute atomic E-state index is 9.05. The number of aromatic nitrogens is 1. The van der Waals surface area contributed by atoms with Crippen molar-refractivity contribution in [2.24, 2.45) is 0 Å². The molecule has 0 spiro atoms. The zero-order chi connectivity index (χ0) is 12.8. The van der Waals surface area contributed by atoms with Crippen molar-refractivity contribution in [2.45, 2.75) is 6.92 Å². The fourth-order valence-electron chi connectivity index (χ4n) is 1.43. The van der Waals surface area contributed by atoms with E-state index in [9.17, 15) is 0 Å². The molecule has 18 heavy (non-hydrogen) atoms. The Morgan fingerprint density at radius 1 is 1.44 bits per heavy atom. The first-order chi connectivity index (χ1) is 8.85. The van der Waals surface area contributed by atoms with Crippen molar-refractivity contribution in [3.63, 3.8) is 0 Å². The predicted molar refractivity (Wildman–Crippen MR) is 72.8 cm³/mol. The minimum absolute atomic E-state index is 0.462. The van der Waals surface area contributed by atoms with Crippen LogP contribution in [0.4, 0.5) is 0 Å². The van der Waals surface area contributed by atoms with E-state index in [1.807, 2.05) is 42.6 Å². The summed E-state index contributed by atoms with van der Waals surface area (Å²) in [5.74, 6) is 0. The Balaban J connectivity index is 2.28. The van der Waals surface area contributed by atoms with Crippen molar-refractivity contribution in [3.05, 3.63) is 47.0 Å². The van der Waals surface area contributed by atoms with Crippen LogP contribution in [0.3, 0.4) is 0 Å². The summed E-state index contributed by atoms with van der Waals surface area (Å²) in [5, 5.41) is 11.7. The molecular weight excluding hydrogens is 244 g/mol. The van der Waals surface area contributed by atoms with Crippen LogP contribution in [-0.4, -0.2) is 11.6 Å². The average molecular weight is 256 g/mol. The second-order valence-electron chi connectivity index (χ2n) is 3.50. The highest BCUT2D eigenvalue weighted by Gasteiger charge is 2.08. The van der Waals surface area contributed by atoms with Gasteiger partial charge in [-0.15, -0.1) is 11.3 Å². The third kappa shape index (κ3) is 2.76. The molecule has 0 aliphatic rings. The number of rotatable bonds is 4. The SMILES string of the molecule is CCO/C=C(\C#N)c1nc(-c2ccccc2)cs1. The van der Waals surface area contributed by atoms with E-state index in [0.717, 1.165) is 11.3 Å². The molecule has 0 radical (unpaired) electrons. The Labute approximate surface area is 110 Å². The molecule has 3 nitrogen and oxygen atoms in total. The molecule has 0 unspecified atom stereocenters. The summed E-state index contributed by atoms with van der Waals surface area (Å²) in [5.41, 5.74) is 2.39. The van der Waals surface area contributed by atoms with E-state index >= 15 is 0 Å². The molecule has 0 bridgehead atoms. The highest BCUT2D eigenvalue weighted by molar-refractivity contribution is 7.11. The zero-order valence-electron chi connectivity index (χ0n) is 9.96. The largest absolute Gasteiger partial charge is 0.500 e. The van der Waals surface area contributed by atoms with Crippen LogP contribution in [0.5, 0.6) is 0 Å². The quantitative estimate of drug-likeness (QED) is 0.618. The van der Waals surface area contributed by atoms with Gasteiger partial charge in [-0.05, 0) is 6.92 Å². The predicted octanol–water partition coefficient (Wildman–Crippen LogP) is 3.71. The number of allylic oxidation sites excluding steroid dienone is 1. The van der Waals surface area contributed by atoms with Gasteiger partial charge in [0.1, 0.15) is 22.9 Å². The van der Waals surface area contributed by atoms with E-state index in [0.29, 0.717) is 17.2 Å². The number of ether oxygens (including phenoxy) is 1. The van der Waals surface area contributed by atoms with Crippen molar-refractivity contribution < 1.29 is 4.74 Å². The summed E-state index contributed by atoms with van der Waals surface area (Å²) in [6, 6.07) is 12.0. The van der Waals surface area contributed by atoms with Crippen LogP contribution >= 0.6 is 11.3 Å². The molecule has 2 aromatic rings. The number of thiazole rings is 1. The van der Waals surface area contributed by atoms with E-state index in [1.165, 1.54) is 17.6 Å². The summed E-state index contributed by atoms with van der Waals surface area (Å²) in [4.78, 5) is 4.45. The third-order valence-electron chi connectivity index (χ3n) is 2.29. The molecule has 1 aromatic heterocycles. The molecule has 0 saturated carbocycles. The van der Waals surface area contributed by atoms with Gasteiger partial charge in [-0.1, -0.05) is 30.3 Å². The summed E-state index contributed by atoms with van der Waals surface area (Å²) in [6.07, 6.45) is 1.47. The van der Waals surface area contributed by atoms with Crippen LogP contribution in [0.2, 0.25) is 0 Å². The fourth-order valence-corrected chi connectivity index (χ4v) is 2.21. The number of nitrogens with zero attached hydrogens (tertiary/aromatic N) is 2. The molecule has 1 aromatic carbocycles. The van der Waals surface area contributed by atoms with E-state index < -0.39 is 0 Å². The summed E-state index contributed by atoms with van der Waals surface area (Å²) >= 11 is 1.45. The van der Waals surface area contributed by atoms with Gasteiger partial charge >= 0.3 is 0 Å². The first-order valence-electron chi connectivity index (χ1n) is 5.58. The third-order valence-corrected chi connectivity index (χ3v) is 3.17. The lowest BCUT2D eigenvalue weighted by Crippen LogP contribution is -1.85. The topological polar surface area (TPSA) is 45.9 Å². The standard InChI is InChI=1S/C14H12N2OS/c1-2-17-9-12(8-15)14-16-13(10-18-14)11-6-4-3-5-7-11/h3-7,9-10H,2H2,1H3/b12-9+. The average Bonchev–Trinajstić information content (AvgIpc) is 2.90. The minimum Gasteiger partial charge on any atom is -0.500 e. The monoisotopic (exact) mass is 256 g/mol. The molecule has 0 fully saturated rings. The van der Waals surface area contributed by atoms with E-state index in [1.54, 1.807) is 0 Å². The number of benzene rings is 1. The molecule has 4 heteroatoms. The van der Waals surface area contributed by atoms with Gasteiger partial charge in [0.25, 0.3) is 0 Å². The summed E-state index contributed by atoms with van der Waals surface area (Å²) in [6.45, 7) is 2.42. The maximum atomic E-state index is 9.05. The molecular formula is C14H12N2OS. The Hall–Kier alpha value is -2.12. The van der Waals surface area contributed by atoms with Crippen molar-refractivity contribution >= 4 is 16.9 Å². The van der Waals surface area contributed by atoms with Crippen molar-refractivity contribution in [2.75, 3.05) is 6.61 Å². The molecule has 1 heterocycles. The summed E-state index contributed by atoms with van der Waals surface area (Å²) < 4.78 is 5.14. The van der Waals surface area contributed by atoms with Crippen LogP contribution in [0.25, 0.3) is 16.8 Å². The molecule has 0 atom stereocenters. The van der Waals surface area contributed by atoms with Gasteiger partial charge < -0.3 is 4.74 Å². The van der Waals surface area contributed by atoms with Gasteiger partial charge in [-0.3, -0.25) is 0 Å². The Bertz CT molecular complexity index is 581. The molecule has 0 saturated heterocycles. The van der Waals surface area contributed by atoms with Gasteiger partial charge in [0.05, 0.1) is 12.3 Å². The molecule has 0 amide bonds. The van der Waals surface area contributed by atoms with Gasteiger partial charge in [-0.2, -0.15) is 5.26 Å². The van der Waals surface area contributed by atoms with Crippen LogP contribution < -0.4 is 0 Å². The lowest BCUT2D eigenvalue weighted by molar-refractivity contribution is 0.271. The molecule has 0 aliphatic heterocycles. The normalized spacial score (nSPS) is 11.0. The Kier molecular flexibility index (Phi) is 4.11. The molecule has 2 rings (SSSR count). The number of hydrogen-bond donors (Lipinski definition) is 0. The van der Waals surface area contributed by atoms with Crippen molar-refractivity contribution in [1.82, 2.24) is 4.98 Å². The van der Waals surface area contributed by atoms with E-state index in [2.05, 4.69) is 11.1 Å². The van der Waals surface area contributed by atoms with Crippen molar-refractivity contribution in [1.29, 1.82) is 5.26 Å². The van der Waals surface area contributed by atoms with Gasteiger partial charge in [0, 0.05) is 10.9 Å². The summed E-state index contributed by atoms with van der Waals surface area (Å²) in [7, 11) is 0. The maximum Gasteiger partial charge on any atom is 0.137 e. The highest BCUT2D eigenvalue weighted by Crippen LogP contribution is 2.25. The number of hydrogen-bond acceptors (Lipinski definition) is 4. The first-order valence-corrected chi connectivity index (χ1v) is 6.46. The molecule has 0 N–H and O–H groups in total. The van der Waals surface area contributed by atoms with Gasteiger partial charge in [0.15, 0.2) is 0 Å². The van der Waals surface area contributed by atoms with Crippen LogP contribution in [0.1, 0.15) is 11.9 Å².